The van der Waals surface area contributed by atoms with Crippen LogP contribution in [0.1, 0.15) is 12.8 Å². The van der Waals surface area contributed by atoms with Crippen LogP contribution in [-0.4, -0.2) is 35.4 Å². The van der Waals surface area contributed by atoms with Gasteiger partial charge >= 0.3 is 5.97 Å². The highest BCUT2D eigenvalue weighted by Gasteiger charge is 2.25. The zero-order chi connectivity index (χ0) is 7.61. The molecule has 0 aromatic rings. The summed E-state index contributed by atoms with van der Waals surface area (Å²) in [5.41, 5.74) is 0. The van der Waals surface area contributed by atoms with Gasteiger partial charge in [0.05, 0.1) is 13.1 Å². The molecule has 58 valence electrons. The molecule has 4 heteroatoms. The summed E-state index contributed by atoms with van der Waals surface area (Å²) in [5.74, 6) is -0.989. The second-order valence-corrected chi connectivity index (χ2v) is 2.76. The van der Waals surface area contributed by atoms with E-state index in [-0.39, 0.29) is 6.54 Å². The highest BCUT2D eigenvalue weighted by molar-refractivity contribution is 5.68. The number of carbonyl (C=O) groups is 1. The van der Waals surface area contributed by atoms with E-state index in [0.29, 0.717) is 13.1 Å². The summed E-state index contributed by atoms with van der Waals surface area (Å²) in [6.07, 6.45) is 1.74. The van der Waals surface area contributed by atoms with E-state index in [2.05, 4.69) is 0 Å². The van der Waals surface area contributed by atoms with Crippen LogP contribution in [0.25, 0.3) is 0 Å². The molecule has 0 radical (unpaired) electrons. The third kappa shape index (κ3) is 1.68. The lowest BCUT2D eigenvalue weighted by Gasteiger charge is -2.36. The fourth-order valence-corrected chi connectivity index (χ4v) is 1.32. The first-order valence-corrected chi connectivity index (χ1v) is 3.41. The normalized spacial score (nSPS) is 22.9. The largest absolute Gasteiger partial charge is 0.632 e. The zero-order valence-corrected chi connectivity index (χ0v) is 5.75. The molecule has 0 aliphatic carbocycles. The molecular weight excluding hydrogens is 134 g/mol. The lowest BCUT2D eigenvalue weighted by atomic mass is 10.4. The number of aliphatic carboxylic acids is 1. The molecule has 4 nitrogen and oxygen atoms in total. The first kappa shape index (κ1) is 7.50. The quantitative estimate of drug-likeness (QED) is 0.445. The summed E-state index contributed by atoms with van der Waals surface area (Å²) in [6, 6.07) is 0. The van der Waals surface area contributed by atoms with Crippen LogP contribution in [0.15, 0.2) is 0 Å². The molecule has 10 heavy (non-hydrogen) atoms. The molecule has 0 spiro atoms. The van der Waals surface area contributed by atoms with Crippen molar-refractivity contribution in [1.29, 1.82) is 0 Å². The molecule has 0 aromatic carbocycles. The number of hydrogen-bond donors (Lipinski definition) is 1. The fraction of sp³-hybridized carbons (Fsp3) is 0.833. The molecule has 1 fully saturated rings. The van der Waals surface area contributed by atoms with Crippen molar-refractivity contribution in [3.05, 3.63) is 5.21 Å². The van der Waals surface area contributed by atoms with Gasteiger partial charge < -0.3 is 15.0 Å². The third-order valence-electron chi connectivity index (χ3n) is 1.80. The zero-order valence-electron chi connectivity index (χ0n) is 5.75. The van der Waals surface area contributed by atoms with E-state index in [1.807, 2.05) is 0 Å². The van der Waals surface area contributed by atoms with E-state index in [1.54, 1.807) is 0 Å². The molecule has 0 amide bonds. The number of likely N-dealkylation sites (tertiary alicyclic amines) is 1. The average Bonchev–Trinajstić information content (AvgIpc) is 2.12. The van der Waals surface area contributed by atoms with Crippen LogP contribution in [0.2, 0.25) is 0 Å². The maximum atomic E-state index is 11.3. The van der Waals surface area contributed by atoms with Crippen molar-refractivity contribution in [3.63, 3.8) is 0 Å². The van der Waals surface area contributed by atoms with E-state index in [1.165, 1.54) is 0 Å². The number of quaternary nitrogens is 1. The highest BCUT2D eigenvalue weighted by atomic mass is 16.6. The number of nitrogens with zero attached hydrogens (tertiary/aromatic N) is 1. The van der Waals surface area contributed by atoms with Gasteiger partial charge in [-0.15, -0.1) is 0 Å². The Kier molecular flexibility index (Phi) is 1.92. The van der Waals surface area contributed by atoms with E-state index in [4.69, 9.17) is 5.11 Å². The molecule has 1 saturated heterocycles. The average molecular weight is 145 g/mol. The van der Waals surface area contributed by atoms with E-state index < -0.39 is 10.6 Å². The molecular formula is C6H11NO3. The van der Waals surface area contributed by atoms with Crippen molar-refractivity contribution in [2.45, 2.75) is 12.8 Å². The molecule has 0 bridgehead atoms. The Morgan fingerprint density at radius 3 is 2.40 bits per heavy atom. The number of rotatable bonds is 2. The van der Waals surface area contributed by atoms with Gasteiger partial charge in [0.15, 0.2) is 6.54 Å². The fourth-order valence-electron chi connectivity index (χ4n) is 1.32. The number of carboxylic acid groups (broad SMARTS) is 1. The molecule has 1 aliphatic rings. The Morgan fingerprint density at radius 2 is 2.00 bits per heavy atom. The van der Waals surface area contributed by atoms with Crippen molar-refractivity contribution >= 4 is 5.97 Å². The Hall–Kier alpha value is -0.610. The Bertz CT molecular complexity index is 140. The second kappa shape index (κ2) is 2.56. The van der Waals surface area contributed by atoms with Crippen LogP contribution in [0.4, 0.5) is 0 Å². The summed E-state index contributed by atoms with van der Waals surface area (Å²) in [5, 5.41) is 19.6. The minimum atomic E-state index is -0.989. The van der Waals surface area contributed by atoms with Crippen LogP contribution in [0.5, 0.6) is 0 Å². The van der Waals surface area contributed by atoms with Crippen molar-refractivity contribution in [1.82, 2.24) is 0 Å². The van der Waals surface area contributed by atoms with Gasteiger partial charge in [0.1, 0.15) is 0 Å². The van der Waals surface area contributed by atoms with Crippen molar-refractivity contribution in [3.8, 4) is 0 Å². The Balaban J connectivity index is 2.43. The van der Waals surface area contributed by atoms with Crippen LogP contribution < -0.4 is 0 Å². The van der Waals surface area contributed by atoms with Crippen molar-refractivity contribution < 1.29 is 14.5 Å². The van der Waals surface area contributed by atoms with Gasteiger partial charge in [-0.3, -0.25) is 0 Å². The first-order chi connectivity index (χ1) is 4.62. The topological polar surface area (TPSA) is 60.4 Å². The molecule has 1 heterocycles. The number of carboxylic acids is 1. The highest BCUT2D eigenvalue weighted by Crippen LogP contribution is 2.16. The summed E-state index contributed by atoms with van der Waals surface area (Å²) in [7, 11) is 0. The van der Waals surface area contributed by atoms with Crippen molar-refractivity contribution in [2.75, 3.05) is 19.6 Å². The number of hydrogen-bond acceptors (Lipinski definition) is 2. The van der Waals surface area contributed by atoms with E-state index in [0.717, 1.165) is 12.8 Å². The maximum Gasteiger partial charge on any atom is 0.359 e. The summed E-state index contributed by atoms with van der Waals surface area (Å²) in [4.78, 5) is 10.1. The van der Waals surface area contributed by atoms with Crippen LogP contribution in [-0.2, 0) is 4.79 Å². The predicted octanol–water partition coefficient (Wildman–Crippen LogP) is 0.179. The van der Waals surface area contributed by atoms with Gasteiger partial charge in [-0.25, -0.2) is 4.79 Å². The van der Waals surface area contributed by atoms with Gasteiger partial charge in [0.2, 0.25) is 0 Å². The van der Waals surface area contributed by atoms with Crippen molar-refractivity contribution in [2.24, 2.45) is 0 Å². The molecule has 0 aromatic heterocycles. The predicted molar refractivity (Wildman–Crippen MR) is 35.1 cm³/mol. The van der Waals surface area contributed by atoms with Crippen LogP contribution in [0.3, 0.4) is 0 Å². The lowest BCUT2D eigenvalue weighted by molar-refractivity contribution is -0.860. The molecule has 0 unspecified atom stereocenters. The lowest BCUT2D eigenvalue weighted by Crippen LogP contribution is -2.42. The minimum Gasteiger partial charge on any atom is -0.632 e. The summed E-state index contributed by atoms with van der Waals surface area (Å²) >= 11 is 0. The minimum absolute atomic E-state index is 0.264. The maximum absolute atomic E-state index is 11.3. The van der Waals surface area contributed by atoms with Gasteiger partial charge in [0.25, 0.3) is 0 Å². The molecule has 0 saturated carbocycles. The van der Waals surface area contributed by atoms with Gasteiger partial charge in [-0.05, 0) is 0 Å². The van der Waals surface area contributed by atoms with Gasteiger partial charge in [0, 0.05) is 12.8 Å². The number of hydroxylamine groups is 3. The van der Waals surface area contributed by atoms with E-state index >= 15 is 0 Å². The molecule has 1 N–H and O–H groups in total. The Morgan fingerprint density at radius 1 is 1.50 bits per heavy atom. The SMILES string of the molecule is O=C(O)C[N+]1([O-])CCCC1. The molecule has 1 aliphatic heterocycles. The molecule has 0 atom stereocenters. The van der Waals surface area contributed by atoms with Crippen LogP contribution >= 0.6 is 0 Å². The summed E-state index contributed by atoms with van der Waals surface area (Å²) in [6.45, 7) is 0.693. The van der Waals surface area contributed by atoms with Gasteiger partial charge in [-0.1, -0.05) is 0 Å². The van der Waals surface area contributed by atoms with Crippen LogP contribution in [0, 0.1) is 5.21 Å². The second-order valence-electron chi connectivity index (χ2n) is 2.76. The smallest absolute Gasteiger partial charge is 0.359 e. The third-order valence-corrected chi connectivity index (χ3v) is 1.80. The standard InChI is InChI=1S/C6H11NO3/c8-6(9)5-7(10)3-1-2-4-7/h1-5H2,(H,8,9). The monoisotopic (exact) mass is 145 g/mol. The van der Waals surface area contributed by atoms with E-state index in [9.17, 15) is 10.0 Å². The Labute approximate surface area is 59.2 Å². The van der Waals surface area contributed by atoms with Gasteiger partial charge in [-0.2, -0.15) is 0 Å². The first-order valence-electron chi connectivity index (χ1n) is 3.41. The summed E-state index contributed by atoms with van der Waals surface area (Å²) < 4.78 is -0.519. The molecule has 1 rings (SSSR count).